The third-order valence-corrected chi connectivity index (χ3v) is 2.81. The Morgan fingerprint density at radius 3 is 2.89 bits per heavy atom. The van der Waals surface area contributed by atoms with E-state index in [-0.39, 0.29) is 5.82 Å². The minimum atomic E-state index is -0.317. The second kappa shape index (κ2) is 5.53. The van der Waals surface area contributed by atoms with Gasteiger partial charge < -0.3 is 11.1 Å². The van der Waals surface area contributed by atoms with Crippen LogP contribution in [0.25, 0.3) is 0 Å². The SMILES string of the molecule is Cc1[nH]ncc1CCCNc1cc(N)cc(F)c1. The smallest absolute Gasteiger partial charge is 0.127 e. The number of nitrogens with two attached hydrogens (primary N) is 1. The van der Waals surface area contributed by atoms with Crippen molar-refractivity contribution >= 4 is 11.4 Å². The number of anilines is 2. The molecule has 1 aromatic heterocycles. The number of hydrogen-bond donors (Lipinski definition) is 3. The first-order valence-electron chi connectivity index (χ1n) is 5.94. The number of halogens is 1. The molecule has 18 heavy (non-hydrogen) atoms. The minimum absolute atomic E-state index is 0.317. The Bertz CT molecular complexity index is 501. The molecule has 0 amide bonds. The molecule has 4 nitrogen and oxygen atoms in total. The topological polar surface area (TPSA) is 66.7 Å². The highest BCUT2D eigenvalue weighted by atomic mass is 19.1. The van der Waals surface area contributed by atoms with Crippen LogP contribution in [0, 0.1) is 12.7 Å². The molecule has 2 rings (SSSR count). The van der Waals surface area contributed by atoms with E-state index in [1.807, 2.05) is 13.1 Å². The maximum absolute atomic E-state index is 13.1. The van der Waals surface area contributed by atoms with Crippen molar-refractivity contribution in [2.24, 2.45) is 0 Å². The van der Waals surface area contributed by atoms with Crippen LogP contribution in [0.4, 0.5) is 15.8 Å². The van der Waals surface area contributed by atoms with Crippen LogP contribution in [0.15, 0.2) is 24.4 Å². The first-order valence-corrected chi connectivity index (χ1v) is 5.94. The van der Waals surface area contributed by atoms with Gasteiger partial charge in [0.1, 0.15) is 5.82 Å². The van der Waals surface area contributed by atoms with E-state index in [1.165, 1.54) is 17.7 Å². The zero-order valence-corrected chi connectivity index (χ0v) is 10.3. The predicted octanol–water partition coefficient (Wildman–Crippen LogP) is 2.48. The molecule has 0 bridgehead atoms. The fourth-order valence-electron chi connectivity index (χ4n) is 1.85. The monoisotopic (exact) mass is 248 g/mol. The molecule has 1 heterocycles. The van der Waals surface area contributed by atoms with Crippen LogP contribution in [0.3, 0.4) is 0 Å². The zero-order chi connectivity index (χ0) is 13.0. The predicted molar refractivity (Wildman–Crippen MR) is 70.9 cm³/mol. The fraction of sp³-hybridized carbons (Fsp3) is 0.308. The third kappa shape index (κ3) is 3.23. The maximum Gasteiger partial charge on any atom is 0.127 e. The van der Waals surface area contributed by atoms with Crippen LogP contribution < -0.4 is 11.1 Å². The summed E-state index contributed by atoms with van der Waals surface area (Å²) in [6, 6.07) is 4.48. The molecule has 0 unspecified atom stereocenters. The summed E-state index contributed by atoms with van der Waals surface area (Å²) in [5, 5.41) is 10.0. The minimum Gasteiger partial charge on any atom is -0.399 e. The lowest BCUT2D eigenvalue weighted by molar-refractivity contribution is 0.629. The Morgan fingerprint density at radius 2 is 2.22 bits per heavy atom. The molecule has 96 valence electrons. The molecule has 0 aliphatic heterocycles. The van der Waals surface area contributed by atoms with Gasteiger partial charge in [-0.1, -0.05) is 0 Å². The summed E-state index contributed by atoms with van der Waals surface area (Å²) in [4.78, 5) is 0. The Hall–Kier alpha value is -2.04. The summed E-state index contributed by atoms with van der Waals surface area (Å²) in [5.41, 5.74) is 9.04. The lowest BCUT2D eigenvalue weighted by Gasteiger charge is -2.07. The number of nitrogens with one attached hydrogen (secondary N) is 2. The summed E-state index contributed by atoms with van der Waals surface area (Å²) in [5.74, 6) is -0.317. The normalized spacial score (nSPS) is 10.6. The molecule has 0 saturated carbocycles. The second-order valence-electron chi connectivity index (χ2n) is 4.32. The van der Waals surface area contributed by atoms with Gasteiger partial charge in [0.15, 0.2) is 0 Å². The molecule has 0 fully saturated rings. The number of aromatic amines is 1. The van der Waals surface area contributed by atoms with E-state index in [0.717, 1.165) is 30.8 Å². The number of aryl methyl sites for hydroxylation is 2. The quantitative estimate of drug-likeness (QED) is 0.562. The molecule has 0 aliphatic carbocycles. The summed E-state index contributed by atoms with van der Waals surface area (Å²) >= 11 is 0. The number of hydrogen-bond acceptors (Lipinski definition) is 3. The fourth-order valence-corrected chi connectivity index (χ4v) is 1.85. The van der Waals surface area contributed by atoms with E-state index >= 15 is 0 Å². The maximum atomic E-state index is 13.1. The molecular weight excluding hydrogens is 231 g/mol. The first kappa shape index (κ1) is 12.4. The number of nitrogens with zero attached hydrogens (tertiary/aromatic N) is 1. The molecule has 2 aromatic rings. The van der Waals surface area contributed by atoms with Gasteiger partial charge in [-0.05, 0) is 43.5 Å². The molecule has 0 saturated heterocycles. The van der Waals surface area contributed by atoms with Gasteiger partial charge in [0, 0.05) is 23.6 Å². The molecule has 1 aromatic carbocycles. The van der Waals surface area contributed by atoms with Gasteiger partial charge in [-0.2, -0.15) is 5.10 Å². The summed E-state index contributed by atoms with van der Waals surface area (Å²) in [6.45, 7) is 2.77. The molecule has 0 atom stereocenters. The van der Waals surface area contributed by atoms with Crippen LogP contribution in [-0.2, 0) is 6.42 Å². The van der Waals surface area contributed by atoms with Crippen LogP contribution in [0.5, 0.6) is 0 Å². The highest BCUT2D eigenvalue weighted by Gasteiger charge is 2.01. The van der Waals surface area contributed by atoms with E-state index in [0.29, 0.717) is 5.69 Å². The first-order chi connectivity index (χ1) is 8.65. The number of benzene rings is 1. The van der Waals surface area contributed by atoms with Crippen LogP contribution in [0.1, 0.15) is 17.7 Å². The van der Waals surface area contributed by atoms with Gasteiger partial charge in [0.2, 0.25) is 0 Å². The number of rotatable bonds is 5. The van der Waals surface area contributed by atoms with Crippen molar-refractivity contribution < 1.29 is 4.39 Å². The summed E-state index contributed by atoms with van der Waals surface area (Å²) in [6.07, 6.45) is 3.74. The van der Waals surface area contributed by atoms with Crippen molar-refractivity contribution in [3.05, 3.63) is 41.5 Å². The molecular formula is C13H17FN4. The average molecular weight is 248 g/mol. The Kier molecular flexibility index (Phi) is 3.82. The van der Waals surface area contributed by atoms with Crippen LogP contribution in [0.2, 0.25) is 0 Å². The van der Waals surface area contributed by atoms with Crippen molar-refractivity contribution in [1.82, 2.24) is 10.2 Å². The molecule has 4 N–H and O–H groups in total. The van der Waals surface area contributed by atoms with Crippen molar-refractivity contribution in [2.75, 3.05) is 17.6 Å². The highest BCUT2D eigenvalue weighted by molar-refractivity contribution is 5.54. The average Bonchev–Trinajstić information content (AvgIpc) is 2.69. The largest absolute Gasteiger partial charge is 0.399 e. The van der Waals surface area contributed by atoms with E-state index in [2.05, 4.69) is 15.5 Å². The Labute approximate surface area is 105 Å². The number of H-pyrrole nitrogens is 1. The molecule has 0 aliphatic rings. The third-order valence-electron chi connectivity index (χ3n) is 2.81. The van der Waals surface area contributed by atoms with Crippen molar-refractivity contribution in [3.63, 3.8) is 0 Å². The lowest BCUT2D eigenvalue weighted by Crippen LogP contribution is -2.04. The van der Waals surface area contributed by atoms with Crippen molar-refractivity contribution in [3.8, 4) is 0 Å². The molecule has 0 spiro atoms. The second-order valence-corrected chi connectivity index (χ2v) is 4.32. The Balaban J connectivity index is 1.80. The number of aromatic nitrogens is 2. The standard InChI is InChI=1S/C13H17FN4/c1-9-10(8-17-18-9)3-2-4-16-13-6-11(14)5-12(15)7-13/h5-8,16H,2-4,15H2,1H3,(H,17,18). The van der Waals surface area contributed by atoms with Crippen LogP contribution >= 0.6 is 0 Å². The van der Waals surface area contributed by atoms with Gasteiger partial charge in [-0.3, -0.25) is 5.10 Å². The molecule has 5 heteroatoms. The Morgan fingerprint density at radius 1 is 1.39 bits per heavy atom. The van der Waals surface area contributed by atoms with Gasteiger partial charge in [0.05, 0.1) is 6.20 Å². The van der Waals surface area contributed by atoms with E-state index < -0.39 is 0 Å². The summed E-state index contributed by atoms with van der Waals surface area (Å²) in [7, 11) is 0. The van der Waals surface area contributed by atoms with Crippen LogP contribution in [-0.4, -0.2) is 16.7 Å². The molecule has 0 radical (unpaired) electrons. The summed E-state index contributed by atoms with van der Waals surface area (Å²) < 4.78 is 13.1. The number of nitrogen functional groups attached to an aromatic ring is 1. The van der Waals surface area contributed by atoms with E-state index in [4.69, 9.17) is 5.73 Å². The van der Waals surface area contributed by atoms with E-state index in [9.17, 15) is 4.39 Å². The lowest BCUT2D eigenvalue weighted by atomic mass is 10.1. The van der Waals surface area contributed by atoms with Gasteiger partial charge in [-0.25, -0.2) is 4.39 Å². The van der Waals surface area contributed by atoms with Gasteiger partial charge in [0.25, 0.3) is 0 Å². The zero-order valence-electron chi connectivity index (χ0n) is 10.3. The van der Waals surface area contributed by atoms with Crippen molar-refractivity contribution in [2.45, 2.75) is 19.8 Å². The van der Waals surface area contributed by atoms with Gasteiger partial charge >= 0.3 is 0 Å². The highest BCUT2D eigenvalue weighted by Crippen LogP contribution is 2.15. The van der Waals surface area contributed by atoms with E-state index in [1.54, 1.807) is 6.07 Å². The van der Waals surface area contributed by atoms with Crippen molar-refractivity contribution in [1.29, 1.82) is 0 Å². The van der Waals surface area contributed by atoms with Gasteiger partial charge in [-0.15, -0.1) is 0 Å².